The van der Waals surface area contributed by atoms with E-state index in [0.29, 0.717) is 26.1 Å². The highest BCUT2D eigenvalue weighted by Gasteiger charge is 2.46. The highest BCUT2D eigenvalue weighted by atomic mass is 16.5. The van der Waals surface area contributed by atoms with Crippen LogP contribution in [-0.4, -0.2) is 59.8 Å². The van der Waals surface area contributed by atoms with Gasteiger partial charge in [0.05, 0.1) is 0 Å². The second-order valence-electron chi connectivity index (χ2n) is 10.4. The van der Waals surface area contributed by atoms with E-state index in [-0.39, 0.29) is 30.5 Å². The van der Waals surface area contributed by atoms with E-state index >= 15 is 0 Å². The number of aliphatic carboxylic acids is 1. The Morgan fingerprint density at radius 3 is 2.25 bits per heavy atom. The third-order valence-electron chi connectivity index (χ3n) is 7.73. The summed E-state index contributed by atoms with van der Waals surface area (Å²) >= 11 is 0. The third-order valence-corrected chi connectivity index (χ3v) is 7.73. The number of carboxylic acids is 1. The number of alkyl carbamates (subject to hydrolysis) is 1. The van der Waals surface area contributed by atoms with Crippen molar-refractivity contribution in [3.05, 3.63) is 107 Å². The fourth-order valence-corrected chi connectivity index (χ4v) is 5.59. The third kappa shape index (κ3) is 5.77. The first-order valence-electron chi connectivity index (χ1n) is 13.4. The lowest BCUT2D eigenvalue weighted by Gasteiger charge is -2.29. The van der Waals surface area contributed by atoms with Crippen molar-refractivity contribution < 1.29 is 24.2 Å². The van der Waals surface area contributed by atoms with E-state index in [2.05, 4.69) is 39.8 Å². The lowest BCUT2D eigenvalue weighted by atomic mass is 9.97. The Labute approximate surface area is 233 Å². The Morgan fingerprint density at radius 2 is 1.60 bits per heavy atom. The molecule has 0 saturated carbocycles. The van der Waals surface area contributed by atoms with E-state index in [9.17, 15) is 14.4 Å². The lowest BCUT2D eigenvalue weighted by Crippen LogP contribution is -2.60. The van der Waals surface area contributed by atoms with E-state index in [4.69, 9.17) is 9.84 Å². The van der Waals surface area contributed by atoms with E-state index in [1.165, 1.54) is 13.0 Å². The minimum atomic E-state index is -1.21. The Hall–Kier alpha value is -4.43. The molecule has 0 bridgehead atoms. The van der Waals surface area contributed by atoms with Gasteiger partial charge in [0.1, 0.15) is 12.1 Å². The van der Waals surface area contributed by atoms with Crippen LogP contribution in [-0.2, 0) is 20.9 Å². The Bertz CT molecular complexity index is 1390. The van der Waals surface area contributed by atoms with Crippen LogP contribution in [0.4, 0.5) is 4.79 Å². The Balaban J connectivity index is 1.29. The van der Waals surface area contributed by atoms with Gasteiger partial charge in [0.15, 0.2) is 0 Å². The first kappa shape index (κ1) is 27.1. The average molecular weight is 540 g/mol. The van der Waals surface area contributed by atoms with Crippen molar-refractivity contribution in [2.24, 2.45) is 0 Å². The predicted molar refractivity (Wildman–Crippen MR) is 152 cm³/mol. The number of fused-ring (bicyclic) bond motifs is 3. The van der Waals surface area contributed by atoms with Crippen molar-refractivity contribution in [3.63, 3.8) is 0 Å². The molecule has 3 N–H and O–H groups in total. The fourth-order valence-electron chi connectivity index (χ4n) is 5.59. The van der Waals surface area contributed by atoms with Gasteiger partial charge in [0.25, 0.3) is 0 Å². The number of rotatable bonds is 9. The summed E-state index contributed by atoms with van der Waals surface area (Å²) in [6.07, 6.45) is 1.19. The second kappa shape index (κ2) is 11.8. The molecule has 1 atom stereocenters. The van der Waals surface area contributed by atoms with Crippen molar-refractivity contribution in [3.8, 4) is 11.1 Å². The maximum absolute atomic E-state index is 13.5. The van der Waals surface area contributed by atoms with Crippen LogP contribution >= 0.6 is 0 Å². The number of nitrogens with zero attached hydrogens (tertiary/aromatic N) is 1. The van der Waals surface area contributed by atoms with Gasteiger partial charge in [-0.3, -0.25) is 9.69 Å². The number of ether oxygens (including phenoxy) is 1. The van der Waals surface area contributed by atoms with Crippen LogP contribution in [0.15, 0.2) is 90.5 Å². The van der Waals surface area contributed by atoms with Crippen LogP contribution in [0.5, 0.6) is 0 Å². The van der Waals surface area contributed by atoms with Gasteiger partial charge in [-0.1, -0.05) is 84.9 Å². The number of carbonyl (C=O) groups excluding carboxylic acids is 2. The van der Waals surface area contributed by atoms with Gasteiger partial charge in [0.2, 0.25) is 5.91 Å². The molecule has 3 aromatic carbocycles. The normalized spacial score (nSPS) is 18.6. The predicted octanol–water partition coefficient (Wildman–Crippen LogP) is 4.32. The number of hydrogen-bond acceptors (Lipinski definition) is 5. The zero-order chi connectivity index (χ0) is 28.1. The first-order chi connectivity index (χ1) is 19.4. The van der Waals surface area contributed by atoms with Gasteiger partial charge < -0.3 is 20.5 Å². The molecule has 1 fully saturated rings. The molecule has 1 aliphatic heterocycles. The quantitative estimate of drug-likeness (QED) is 0.350. The number of carboxylic acid groups (broad SMARTS) is 1. The summed E-state index contributed by atoms with van der Waals surface area (Å²) in [5.41, 5.74) is 4.54. The lowest BCUT2D eigenvalue weighted by molar-refractivity contribution is -0.132. The number of carbonyl (C=O) groups is 3. The topological polar surface area (TPSA) is 108 Å². The van der Waals surface area contributed by atoms with Gasteiger partial charge >= 0.3 is 12.1 Å². The molecule has 5 rings (SSSR count). The molecule has 2 amide bonds. The smallest absolute Gasteiger partial charge is 0.408 e. The van der Waals surface area contributed by atoms with Crippen LogP contribution in [0.25, 0.3) is 11.1 Å². The maximum Gasteiger partial charge on any atom is 0.408 e. The summed E-state index contributed by atoms with van der Waals surface area (Å²) in [6, 6.07) is 26.2. The molecule has 0 radical (unpaired) electrons. The van der Waals surface area contributed by atoms with Gasteiger partial charge in [-0.25, -0.2) is 9.59 Å². The monoisotopic (exact) mass is 539 g/mol. The van der Waals surface area contributed by atoms with Crippen LogP contribution in [0.2, 0.25) is 0 Å². The number of amides is 2. The number of hydrogen-bond donors (Lipinski definition) is 3. The summed E-state index contributed by atoms with van der Waals surface area (Å²) < 4.78 is 5.77. The Kier molecular flexibility index (Phi) is 7.98. The average Bonchev–Trinajstić information content (AvgIpc) is 3.51. The summed E-state index contributed by atoms with van der Waals surface area (Å²) in [4.78, 5) is 39.9. The number of benzene rings is 3. The van der Waals surface area contributed by atoms with E-state index < -0.39 is 17.6 Å². The molecular formula is C32H33N3O5. The van der Waals surface area contributed by atoms with Gasteiger partial charge in [-0.15, -0.1) is 0 Å². The largest absolute Gasteiger partial charge is 0.478 e. The highest BCUT2D eigenvalue weighted by Crippen LogP contribution is 2.44. The maximum atomic E-state index is 13.5. The molecule has 3 aromatic rings. The minimum Gasteiger partial charge on any atom is -0.478 e. The molecule has 0 spiro atoms. The zero-order valence-corrected chi connectivity index (χ0v) is 22.4. The van der Waals surface area contributed by atoms with Crippen LogP contribution in [0.1, 0.15) is 36.0 Å². The van der Waals surface area contributed by atoms with Gasteiger partial charge in [-0.2, -0.15) is 0 Å². The fraction of sp³-hybridized carbons (Fsp3) is 0.281. The first-order valence-corrected chi connectivity index (χ1v) is 13.4. The van der Waals surface area contributed by atoms with E-state index in [1.54, 1.807) is 0 Å². The van der Waals surface area contributed by atoms with Crippen molar-refractivity contribution >= 4 is 18.0 Å². The zero-order valence-electron chi connectivity index (χ0n) is 22.4. The van der Waals surface area contributed by atoms with E-state index in [0.717, 1.165) is 27.8 Å². The standard InChI is InChI=1S/C32H33N3O5/c1-22(29(36)37)15-17-33-30(38)32(16-18-35(21-32)19-23-9-3-2-4-10-23)34-31(39)40-20-28-26-13-7-5-11-24(26)25-12-6-8-14-27(25)28/h2-15,28H,16-21H2,1H3,(H,33,38)(H,34,39)(H,36,37)/b22-15+. The van der Waals surface area contributed by atoms with Crippen molar-refractivity contribution in [2.75, 3.05) is 26.2 Å². The molecular weight excluding hydrogens is 506 g/mol. The second-order valence-corrected chi connectivity index (χ2v) is 10.4. The molecule has 1 saturated heterocycles. The SMILES string of the molecule is C/C(=C\CNC(=O)C1(NC(=O)OCC2c3ccccc3-c3ccccc32)CCN(Cc2ccccc2)C1)C(=O)O. The number of nitrogens with one attached hydrogen (secondary N) is 2. The van der Waals surface area contributed by atoms with Crippen molar-refractivity contribution in [2.45, 2.75) is 31.3 Å². The summed E-state index contributed by atoms with van der Waals surface area (Å²) in [5.74, 6) is -1.51. The van der Waals surface area contributed by atoms with Crippen LogP contribution in [0.3, 0.4) is 0 Å². The summed E-state index contributed by atoms with van der Waals surface area (Å²) in [6.45, 7) is 3.21. The van der Waals surface area contributed by atoms with Crippen molar-refractivity contribution in [1.29, 1.82) is 0 Å². The minimum absolute atomic E-state index is 0.0454. The molecule has 40 heavy (non-hydrogen) atoms. The van der Waals surface area contributed by atoms with Crippen molar-refractivity contribution in [1.82, 2.24) is 15.5 Å². The molecule has 1 heterocycles. The van der Waals surface area contributed by atoms with E-state index in [1.807, 2.05) is 54.6 Å². The van der Waals surface area contributed by atoms with Crippen LogP contribution in [0, 0.1) is 0 Å². The summed E-state index contributed by atoms with van der Waals surface area (Å²) in [7, 11) is 0. The Morgan fingerprint density at radius 1 is 0.975 bits per heavy atom. The molecule has 2 aliphatic rings. The van der Waals surface area contributed by atoms with Gasteiger partial charge in [0, 0.05) is 37.7 Å². The molecule has 1 aliphatic carbocycles. The molecule has 1 unspecified atom stereocenters. The number of likely N-dealkylation sites (tertiary alicyclic amines) is 1. The molecule has 0 aromatic heterocycles. The molecule has 8 heteroatoms. The summed E-state index contributed by atoms with van der Waals surface area (Å²) in [5, 5.41) is 14.8. The van der Waals surface area contributed by atoms with Gasteiger partial charge in [-0.05, 0) is 41.2 Å². The highest BCUT2D eigenvalue weighted by molar-refractivity contribution is 5.91. The molecule has 206 valence electrons. The molecule has 8 nitrogen and oxygen atoms in total. The van der Waals surface area contributed by atoms with Crippen LogP contribution < -0.4 is 10.6 Å².